The Kier molecular flexibility index (Phi) is 4.79. The fourth-order valence-electron chi connectivity index (χ4n) is 2.92. The Bertz CT molecular complexity index is 751. The van der Waals surface area contributed by atoms with E-state index < -0.39 is 0 Å². The molecule has 126 valence electrons. The van der Waals surface area contributed by atoms with Crippen molar-refractivity contribution in [2.24, 2.45) is 0 Å². The lowest BCUT2D eigenvalue weighted by atomic mass is 10.1. The van der Waals surface area contributed by atoms with E-state index in [2.05, 4.69) is 27.1 Å². The van der Waals surface area contributed by atoms with Crippen LogP contribution in [0.5, 0.6) is 0 Å². The Labute approximate surface area is 143 Å². The number of rotatable bonds is 3. The highest BCUT2D eigenvalue weighted by molar-refractivity contribution is 6.03. The summed E-state index contributed by atoms with van der Waals surface area (Å²) in [6.07, 6.45) is 3.56. The molecule has 1 N–H and O–H groups in total. The van der Waals surface area contributed by atoms with Gasteiger partial charge in [-0.15, -0.1) is 0 Å². The van der Waals surface area contributed by atoms with Crippen LogP contribution in [0.3, 0.4) is 0 Å². The SMILES string of the molecule is Cc1cc(C(=O)Nc2ccc(C)c(C)c2)nc(N2CCCCC2)n1. The van der Waals surface area contributed by atoms with Crippen LogP contribution >= 0.6 is 0 Å². The van der Waals surface area contributed by atoms with Gasteiger partial charge in [-0.05, 0) is 69.4 Å². The van der Waals surface area contributed by atoms with Crippen LogP contribution in [0.15, 0.2) is 24.3 Å². The van der Waals surface area contributed by atoms with Gasteiger partial charge >= 0.3 is 0 Å². The molecule has 2 heterocycles. The number of nitrogens with one attached hydrogen (secondary N) is 1. The number of nitrogens with zero attached hydrogens (tertiary/aromatic N) is 3. The highest BCUT2D eigenvalue weighted by Crippen LogP contribution is 2.18. The van der Waals surface area contributed by atoms with E-state index in [-0.39, 0.29) is 5.91 Å². The molecule has 0 bridgehead atoms. The van der Waals surface area contributed by atoms with Crippen molar-refractivity contribution in [3.05, 3.63) is 46.8 Å². The second-order valence-corrected chi connectivity index (χ2v) is 6.50. The number of carbonyl (C=O) groups is 1. The normalized spacial score (nSPS) is 14.5. The number of carbonyl (C=O) groups excluding carboxylic acids is 1. The minimum Gasteiger partial charge on any atom is -0.341 e. The lowest BCUT2D eigenvalue weighted by Gasteiger charge is -2.27. The van der Waals surface area contributed by atoms with E-state index in [9.17, 15) is 4.79 Å². The third-order valence-corrected chi connectivity index (χ3v) is 4.48. The zero-order valence-electron chi connectivity index (χ0n) is 14.6. The van der Waals surface area contributed by atoms with E-state index in [4.69, 9.17) is 0 Å². The fourth-order valence-corrected chi connectivity index (χ4v) is 2.92. The van der Waals surface area contributed by atoms with Crippen LogP contribution in [-0.2, 0) is 0 Å². The standard InChI is InChI=1S/C19H24N4O/c1-13-7-8-16(11-14(13)2)21-18(24)17-12-15(3)20-19(22-17)23-9-5-4-6-10-23/h7-8,11-12H,4-6,9-10H2,1-3H3,(H,21,24). The predicted molar refractivity (Wildman–Crippen MR) is 96.7 cm³/mol. The van der Waals surface area contributed by atoms with Gasteiger partial charge in [-0.1, -0.05) is 6.07 Å². The molecule has 1 aliphatic heterocycles. The summed E-state index contributed by atoms with van der Waals surface area (Å²) in [4.78, 5) is 23.8. The topological polar surface area (TPSA) is 58.1 Å². The second kappa shape index (κ2) is 6.99. The van der Waals surface area contributed by atoms with Gasteiger partial charge in [0.25, 0.3) is 5.91 Å². The lowest BCUT2D eigenvalue weighted by Crippen LogP contribution is -2.31. The summed E-state index contributed by atoms with van der Waals surface area (Å²) in [6.45, 7) is 7.92. The average molecular weight is 324 g/mol. The second-order valence-electron chi connectivity index (χ2n) is 6.50. The smallest absolute Gasteiger partial charge is 0.274 e. The molecule has 0 atom stereocenters. The minimum absolute atomic E-state index is 0.193. The number of hydrogen-bond donors (Lipinski definition) is 1. The van der Waals surface area contributed by atoms with Crippen LogP contribution in [0.2, 0.25) is 0 Å². The van der Waals surface area contributed by atoms with Gasteiger partial charge in [0.05, 0.1) is 0 Å². The summed E-state index contributed by atoms with van der Waals surface area (Å²) >= 11 is 0. The van der Waals surface area contributed by atoms with Gasteiger partial charge < -0.3 is 10.2 Å². The molecule has 0 saturated carbocycles. The van der Waals surface area contributed by atoms with Crippen LogP contribution in [0.4, 0.5) is 11.6 Å². The summed E-state index contributed by atoms with van der Waals surface area (Å²) in [5.74, 6) is 0.474. The molecule has 1 aliphatic rings. The highest BCUT2D eigenvalue weighted by atomic mass is 16.1. The number of benzene rings is 1. The number of aryl methyl sites for hydroxylation is 3. The third-order valence-electron chi connectivity index (χ3n) is 4.48. The summed E-state index contributed by atoms with van der Waals surface area (Å²) in [6, 6.07) is 7.64. The van der Waals surface area contributed by atoms with Crippen LogP contribution in [-0.4, -0.2) is 29.0 Å². The first-order chi connectivity index (χ1) is 11.5. The third kappa shape index (κ3) is 3.72. The summed E-state index contributed by atoms with van der Waals surface area (Å²) in [7, 11) is 0. The first-order valence-corrected chi connectivity index (χ1v) is 8.52. The van der Waals surface area contributed by atoms with Gasteiger partial charge in [0.15, 0.2) is 0 Å². The Morgan fingerprint density at radius 1 is 1.00 bits per heavy atom. The quantitative estimate of drug-likeness (QED) is 0.936. The Hall–Kier alpha value is -2.43. The largest absolute Gasteiger partial charge is 0.341 e. The van der Waals surface area contributed by atoms with Crippen molar-refractivity contribution in [3.63, 3.8) is 0 Å². The maximum atomic E-state index is 12.6. The molecule has 0 aliphatic carbocycles. The molecule has 1 saturated heterocycles. The minimum atomic E-state index is -0.193. The molecule has 1 aromatic heterocycles. The van der Waals surface area contributed by atoms with Crippen molar-refractivity contribution in [3.8, 4) is 0 Å². The van der Waals surface area contributed by atoms with Crippen molar-refractivity contribution >= 4 is 17.5 Å². The molecule has 5 heteroatoms. The van der Waals surface area contributed by atoms with E-state index in [1.165, 1.54) is 12.0 Å². The van der Waals surface area contributed by atoms with Crippen molar-refractivity contribution in [2.75, 3.05) is 23.3 Å². The zero-order valence-corrected chi connectivity index (χ0v) is 14.6. The van der Waals surface area contributed by atoms with E-state index in [1.807, 2.05) is 32.0 Å². The van der Waals surface area contributed by atoms with Gasteiger partial charge in [-0.2, -0.15) is 0 Å². The van der Waals surface area contributed by atoms with Crippen molar-refractivity contribution in [1.29, 1.82) is 0 Å². The zero-order chi connectivity index (χ0) is 17.1. The van der Waals surface area contributed by atoms with E-state index in [1.54, 1.807) is 6.07 Å². The average Bonchev–Trinajstić information content (AvgIpc) is 2.58. The van der Waals surface area contributed by atoms with Gasteiger partial charge in [-0.25, -0.2) is 9.97 Å². The molecular formula is C19H24N4O. The highest BCUT2D eigenvalue weighted by Gasteiger charge is 2.17. The summed E-state index contributed by atoms with van der Waals surface area (Å²) in [5.41, 5.74) is 4.38. The molecule has 24 heavy (non-hydrogen) atoms. The molecular weight excluding hydrogens is 300 g/mol. The van der Waals surface area contributed by atoms with E-state index >= 15 is 0 Å². The number of piperidine rings is 1. The van der Waals surface area contributed by atoms with Gasteiger partial charge in [-0.3, -0.25) is 4.79 Å². The fraction of sp³-hybridized carbons (Fsp3) is 0.421. The van der Waals surface area contributed by atoms with Crippen molar-refractivity contribution < 1.29 is 4.79 Å². The number of amides is 1. The number of anilines is 2. The van der Waals surface area contributed by atoms with Crippen molar-refractivity contribution in [2.45, 2.75) is 40.0 Å². The van der Waals surface area contributed by atoms with Crippen LogP contribution in [0.25, 0.3) is 0 Å². The monoisotopic (exact) mass is 324 g/mol. The van der Waals surface area contributed by atoms with E-state index in [0.717, 1.165) is 42.9 Å². The lowest BCUT2D eigenvalue weighted by molar-refractivity contribution is 0.102. The first-order valence-electron chi connectivity index (χ1n) is 8.52. The Morgan fingerprint density at radius 2 is 1.75 bits per heavy atom. The van der Waals surface area contributed by atoms with Crippen molar-refractivity contribution in [1.82, 2.24) is 9.97 Å². The van der Waals surface area contributed by atoms with Crippen LogP contribution < -0.4 is 10.2 Å². The van der Waals surface area contributed by atoms with Crippen LogP contribution in [0, 0.1) is 20.8 Å². The Balaban J connectivity index is 1.81. The molecule has 0 spiro atoms. The maximum absolute atomic E-state index is 12.6. The molecule has 0 unspecified atom stereocenters. The first kappa shape index (κ1) is 16.4. The van der Waals surface area contributed by atoms with Gasteiger partial charge in [0.1, 0.15) is 5.69 Å². The van der Waals surface area contributed by atoms with Gasteiger partial charge in [0, 0.05) is 24.5 Å². The molecule has 3 rings (SSSR count). The molecule has 0 radical (unpaired) electrons. The van der Waals surface area contributed by atoms with Gasteiger partial charge in [0.2, 0.25) is 5.95 Å². The predicted octanol–water partition coefficient (Wildman–Crippen LogP) is 3.64. The molecule has 1 fully saturated rings. The van der Waals surface area contributed by atoms with Crippen LogP contribution in [0.1, 0.15) is 46.6 Å². The summed E-state index contributed by atoms with van der Waals surface area (Å²) < 4.78 is 0. The van der Waals surface area contributed by atoms with E-state index in [0.29, 0.717) is 11.6 Å². The maximum Gasteiger partial charge on any atom is 0.274 e. The Morgan fingerprint density at radius 3 is 2.46 bits per heavy atom. The molecule has 5 nitrogen and oxygen atoms in total. The number of aromatic nitrogens is 2. The number of hydrogen-bond acceptors (Lipinski definition) is 4. The summed E-state index contributed by atoms with van der Waals surface area (Å²) in [5, 5.41) is 2.94. The molecule has 1 amide bonds. The molecule has 1 aromatic carbocycles. The molecule has 2 aromatic rings.